The summed E-state index contributed by atoms with van der Waals surface area (Å²) in [5, 5.41) is 3.67. The first-order chi connectivity index (χ1) is 10.1. The van der Waals surface area contributed by atoms with Crippen LogP contribution < -0.4 is 11.1 Å². The predicted octanol–water partition coefficient (Wildman–Crippen LogP) is 0.820. The number of anilines is 1. The summed E-state index contributed by atoms with van der Waals surface area (Å²) in [5.41, 5.74) is 7.07. The molecule has 2 unspecified atom stereocenters. The van der Waals surface area contributed by atoms with Crippen molar-refractivity contribution in [3.05, 3.63) is 23.9 Å². The first-order valence-electron chi connectivity index (χ1n) is 7.92. The molecule has 1 aliphatic heterocycles. The van der Waals surface area contributed by atoms with E-state index in [-0.39, 0.29) is 0 Å². The minimum absolute atomic E-state index is 0.433. The maximum absolute atomic E-state index is 5.81. The summed E-state index contributed by atoms with van der Waals surface area (Å²) in [6.07, 6.45) is 4.03. The first kappa shape index (κ1) is 16.2. The zero-order valence-electron chi connectivity index (χ0n) is 13.5. The number of hydrogen-bond donors (Lipinski definition) is 2. The van der Waals surface area contributed by atoms with Gasteiger partial charge in [-0.2, -0.15) is 0 Å². The second-order valence-corrected chi connectivity index (χ2v) is 6.12. The smallest absolute Gasteiger partial charge is 0.123 e. The average molecular weight is 291 g/mol. The molecule has 0 aromatic carbocycles. The summed E-state index contributed by atoms with van der Waals surface area (Å²) in [6, 6.07) is 5.01. The summed E-state index contributed by atoms with van der Waals surface area (Å²) < 4.78 is 0. The predicted molar refractivity (Wildman–Crippen MR) is 88.4 cm³/mol. The summed E-state index contributed by atoms with van der Waals surface area (Å²) in [5.74, 6) is 0.606. The monoisotopic (exact) mass is 291 g/mol. The maximum Gasteiger partial charge on any atom is 0.123 e. The lowest BCUT2D eigenvalue weighted by molar-refractivity contribution is 0.178. The van der Waals surface area contributed by atoms with Crippen molar-refractivity contribution in [1.29, 1.82) is 0 Å². The van der Waals surface area contributed by atoms with Crippen LogP contribution in [0.4, 0.5) is 5.82 Å². The number of nitrogens with one attached hydrogen (secondary N) is 1. The van der Waals surface area contributed by atoms with Crippen molar-refractivity contribution in [3.8, 4) is 0 Å². The molecule has 2 atom stereocenters. The second-order valence-electron chi connectivity index (χ2n) is 6.12. The molecule has 0 saturated carbocycles. The van der Waals surface area contributed by atoms with Gasteiger partial charge in [0.2, 0.25) is 0 Å². The van der Waals surface area contributed by atoms with Crippen LogP contribution in [-0.2, 0) is 6.42 Å². The minimum atomic E-state index is 0.433. The van der Waals surface area contributed by atoms with E-state index < -0.39 is 0 Å². The zero-order valence-corrected chi connectivity index (χ0v) is 13.5. The Morgan fingerprint density at radius 2 is 2.24 bits per heavy atom. The molecule has 1 saturated heterocycles. The van der Waals surface area contributed by atoms with Gasteiger partial charge in [-0.1, -0.05) is 6.92 Å². The highest BCUT2D eigenvalue weighted by molar-refractivity contribution is 5.32. The molecule has 1 aromatic heterocycles. The number of likely N-dealkylation sites (N-methyl/N-ethyl adjacent to an activating group) is 3. The van der Waals surface area contributed by atoms with E-state index in [9.17, 15) is 0 Å². The minimum Gasteiger partial charge on any atom is -0.384 e. The van der Waals surface area contributed by atoms with Crippen molar-refractivity contribution in [2.24, 2.45) is 0 Å². The van der Waals surface area contributed by atoms with Crippen molar-refractivity contribution in [3.63, 3.8) is 0 Å². The zero-order chi connectivity index (χ0) is 15.2. The highest BCUT2D eigenvalue weighted by atomic mass is 15.2. The Bertz CT molecular complexity index is 436. The van der Waals surface area contributed by atoms with E-state index in [0.29, 0.717) is 17.9 Å². The van der Waals surface area contributed by atoms with E-state index in [4.69, 9.17) is 5.73 Å². The van der Waals surface area contributed by atoms with Crippen molar-refractivity contribution < 1.29 is 0 Å². The largest absolute Gasteiger partial charge is 0.384 e. The standard InChI is InChI=1S/C16H29N5/c1-4-18-14(10-13-6-7-19-16(17)11-13)15-12-20(2)8-5-9-21(15)3/h6-7,11,14-15,18H,4-5,8-10,12H2,1-3H3,(H2,17,19). The lowest BCUT2D eigenvalue weighted by atomic mass is 9.98. The molecule has 118 valence electrons. The molecule has 0 aliphatic carbocycles. The quantitative estimate of drug-likeness (QED) is 0.841. The van der Waals surface area contributed by atoms with E-state index in [1.165, 1.54) is 18.5 Å². The van der Waals surface area contributed by atoms with Crippen LogP contribution in [0.5, 0.6) is 0 Å². The van der Waals surface area contributed by atoms with Crippen LogP contribution in [0.3, 0.4) is 0 Å². The van der Waals surface area contributed by atoms with Crippen LogP contribution in [0.15, 0.2) is 18.3 Å². The van der Waals surface area contributed by atoms with Crippen molar-refractivity contribution in [2.75, 3.05) is 46.0 Å². The Morgan fingerprint density at radius 1 is 1.43 bits per heavy atom. The van der Waals surface area contributed by atoms with Crippen LogP contribution >= 0.6 is 0 Å². The molecule has 5 heteroatoms. The molecule has 3 N–H and O–H groups in total. The van der Waals surface area contributed by atoms with Crippen LogP contribution in [0.1, 0.15) is 18.9 Å². The van der Waals surface area contributed by atoms with Gasteiger partial charge in [-0.05, 0) is 64.3 Å². The van der Waals surface area contributed by atoms with Gasteiger partial charge in [0.1, 0.15) is 5.82 Å². The maximum atomic E-state index is 5.81. The summed E-state index contributed by atoms with van der Waals surface area (Å²) in [4.78, 5) is 9.03. The number of pyridine rings is 1. The van der Waals surface area contributed by atoms with Gasteiger partial charge in [-0.15, -0.1) is 0 Å². The number of aromatic nitrogens is 1. The number of nitrogens with zero attached hydrogens (tertiary/aromatic N) is 3. The van der Waals surface area contributed by atoms with Crippen LogP contribution in [0.2, 0.25) is 0 Å². The third-order valence-corrected chi connectivity index (χ3v) is 4.35. The van der Waals surface area contributed by atoms with Gasteiger partial charge in [0.15, 0.2) is 0 Å². The lowest BCUT2D eigenvalue weighted by Crippen LogP contribution is -2.53. The molecule has 1 aliphatic rings. The highest BCUT2D eigenvalue weighted by Gasteiger charge is 2.28. The van der Waals surface area contributed by atoms with Gasteiger partial charge in [-0.25, -0.2) is 4.98 Å². The van der Waals surface area contributed by atoms with Gasteiger partial charge < -0.3 is 20.9 Å². The van der Waals surface area contributed by atoms with E-state index in [1.807, 2.05) is 6.07 Å². The lowest BCUT2D eigenvalue weighted by Gasteiger charge is -2.35. The molecular formula is C16H29N5. The van der Waals surface area contributed by atoms with Crippen LogP contribution in [0, 0.1) is 0 Å². The van der Waals surface area contributed by atoms with Gasteiger partial charge >= 0.3 is 0 Å². The van der Waals surface area contributed by atoms with Crippen LogP contribution in [0.25, 0.3) is 0 Å². The van der Waals surface area contributed by atoms with Gasteiger partial charge in [0, 0.05) is 24.8 Å². The fourth-order valence-electron chi connectivity index (χ4n) is 3.22. The Balaban J connectivity index is 2.12. The number of rotatable bonds is 5. The molecule has 0 radical (unpaired) electrons. The Morgan fingerprint density at radius 3 is 2.95 bits per heavy atom. The molecule has 2 heterocycles. The van der Waals surface area contributed by atoms with E-state index in [0.717, 1.165) is 26.1 Å². The topological polar surface area (TPSA) is 57.4 Å². The molecule has 1 aromatic rings. The summed E-state index contributed by atoms with van der Waals surface area (Å²) in [6.45, 7) is 6.61. The molecule has 0 bridgehead atoms. The normalized spacial score (nSPS) is 22.9. The molecule has 0 spiro atoms. The third-order valence-electron chi connectivity index (χ3n) is 4.35. The number of hydrogen-bond acceptors (Lipinski definition) is 5. The van der Waals surface area contributed by atoms with Crippen molar-refractivity contribution in [2.45, 2.75) is 31.8 Å². The number of nitrogen functional groups attached to an aromatic ring is 1. The second kappa shape index (κ2) is 7.73. The van der Waals surface area contributed by atoms with E-state index >= 15 is 0 Å². The number of nitrogens with two attached hydrogens (primary N) is 1. The third kappa shape index (κ3) is 4.66. The van der Waals surface area contributed by atoms with Gasteiger partial charge in [-0.3, -0.25) is 0 Å². The van der Waals surface area contributed by atoms with Gasteiger partial charge in [0.25, 0.3) is 0 Å². The summed E-state index contributed by atoms with van der Waals surface area (Å²) in [7, 11) is 4.47. The molecule has 2 rings (SSSR count). The Hall–Kier alpha value is -1.17. The molecule has 1 fully saturated rings. The van der Waals surface area contributed by atoms with E-state index in [1.54, 1.807) is 6.20 Å². The Labute approximate surface area is 128 Å². The SMILES string of the molecule is CCNC(Cc1ccnc(N)c1)C1CN(C)CCCN1C. The fourth-order valence-corrected chi connectivity index (χ4v) is 3.22. The summed E-state index contributed by atoms with van der Waals surface area (Å²) >= 11 is 0. The molecule has 21 heavy (non-hydrogen) atoms. The van der Waals surface area contributed by atoms with Gasteiger partial charge in [0.05, 0.1) is 0 Å². The highest BCUT2D eigenvalue weighted by Crippen LogP contribution is 2.15. The van der Waals surface area contributed by atoms with Crippen molar-refractivity contribution >= 4 is 5.82 Å². The van der Waals surface area contributed by atoms with Crippen molar-refractivity contribution in [1.82, 2.24) is 20.1 Å². The Kier molecular flexibility index (Phi) is 5.96. The van der Waals surface area contributed by atoms with E-state index in [2.05, 4.69) is 47.2 Å². The molecule has 0 amide bonds. The fraction of sp³-hybridized carbons (Fsp3) is 0.688. The molecular weight excluding hydrogens is 262 g/mol. The molecule has 5 nitrogen and oxygen atoms in total. The average Bonchev–Trinajstić information content (AvgIpc) is 2.60. The van der Waals surface area contributed by atoms with Crippen LogP contribution in [-0.4, -0.2) is 67.1 Å². The first-order valence-corrected chi connectivity index (χ1v) is 7.92.